The maximum absolute atomic E-state index is 9.77. The molecule has 1 aromatic rings. The molecule has 3 N–H and O–H groups in total. The summed E-state index contributed by atoms with van der Waals surface area (Å²) in [5.74, 6) is 1.55. The third kappa shape index (κ3) is 3.17. The minimum atomic E-state index is 0.293. The van der Waals surface area contributed by atoms with Gasteiger partial charge in [-0.2, -0.15) is 11.8 Å². The SMILES string of the molecule is CCCN=C(N)c1cccc(O)c1CSC. The van der Waals surface area contributed by atoms with E-state index in [2.05, 4.69) is 11.9 Å². The van der Waals surface area contributed by atoms with Crippen LogP contribution in [0.4, 0.5) is 0 Å². The second-order valence-electron chi connectivity index (χ2n) is 3.50. The number of nitrogens with zero attached hydrogens (tertiary/aromatic N) is 1. The van der Waals surface area contributed by atoms with Crippen LogP contribution in [0.1, 0.15) is 24.5 Å². The number of hydrogen-bond acceptors (Lipinski definition) is 3. The molecule has 0 aliphatic carbocycles. The van der Waals surface area contributed by atoms with Gasteiger partial charge in [0.2, 0.25) is 0 Å². The number of thioether (sulfide) groups is 1. The summed E-state index contributed by atoms with van der Waals surface area (Å²) in [5.41, 5.74) is 7.63. The summed E-state index contributed by atoms with van der Waals surface area (Å²) in [6.07, 6.45) is 2.97. The van der Waals surface area contributed by atoms with Crippen LogP contribution < -0.4 is 5.73 Å². The number of aliphatic imine (C=N–C) groups is 1. The molecule has 88 valence electrons. The van der Waals surface area contributed by atoms with E-state index in [0.29, 0.717) is 11.6 Å². The monoisotopic (exact) mass is 238 g/mol. The molecule has 0 aromatic heterocycles. The van der Waals surface area contributed by atoms with Gasteiger partial charge in [0.05, 0.1) is 0 Å². The number of phenolic OH excluding ortho intramolecular Hbond substituents is 1. The number of amidine groups is 1. The highest BCUT2D eigenvalue weighted by molar-refractivity contribution is 7.97. The molecule has 16 heavy (non-hydrogen) atoms. The Kier molecular flexibility index (Phi) is 5.19. The van der Waals surface area contributed by atoms with Crippen LogP contribution in [0.15, 0.2) is 23.2 Å². The molecule has 0 aliphatic rings. The topological polar surface area (TPSA) is 58.6 Å². The van der Waals surface area contributed by atoms with E-state index >= 15 is 0 Å². The van der Waals surface area contributed by atoms with Crippen LogP contribution in [-0.2, 0) is 5.75 Å². The molecular formula is C12H18N2OS. The van der Waals surface area contributed by atoms with E-state index in [1.165, 1.54) is 0 Å². The van der Waals surface area contributed by atoms with E-state index in [1.54, 1.807) is 23.9 Å². The summed E-state index contributed by atoms with van der Waals surface area (Å²) in [7, 11) is 0. The quantitative estimate of drug-likeness (QED) is 0.611. The fourth-order valence-electron chi connectivity index (χ4n) is 1.43. The summed E-state index contributed by atoms with van der Waals surface area (Å²) < 4.78 is 0. The molecule has 0 amide bonds. The van der Waals surface area contributed by atoms with Crippen molar-refractivity contribution < 1.29 is 5.11 Å². The molecule has 0 saturated heterocycles. The predicted molar refractivity (Wildman–Crippen MR) is 71.2 cm³/mol. The Bertz CT molecular complexity index is 377. The van der Waals surface area contributed by atoms with Crippen molar-refractivity contribution in [3.8, 4) is 5.75 Å². The lowest BCUT2D eigenvalue weighted by Gasteiger charge is -2.09. The van der Waals surface area contributed by atoms with Crippen LogP contribution in [0.25, 0.3) is 0 Å². The zero-order valence-corrected chi connectivity index (χ0v) is 10.5. The van der Waals surface area contributed by atoms with Gasteiger partial charge in [0.25, 0.3) is 0 Å². The van der Waals surface area contributed by atoms with E-state index < -0.39 is 0 Å². The van der Waals surface area contributed by atoms with Gasteiger partial charge in [0.1, 0.15) is 11.6 Å². The molecule has 1 aromatic carbocycles. The Morgan fingerprint density at radius 1 is 1.50 bits per heavy atom. The van der Waals surface area contributed by atoms with Gasteiger partial charge in [0, 0.05) is 23.4 Å². The molecule has 0 radical (unpaired) electrons. The number of phenols is 1. The zero-order chi connectivity index (χ0) is 12.0. The van der Waals surface area contributed by atoms with Crippen molar-refractivity contribution in [2.24, 2.45) is 10.7 Å². The maximum Gasteiger partial charge on any atom is 0.126 e. The van der Waals surface area contributed by atoms with Crippen molar-refractivity contribution in [3.63, 3.8) is 0 Å². The molecule has 3 nitrogen and oxygen atoms in total. The molecular weight excluding hydrogens is 220 g/mol. The van der Waals surface area contributed by atoms with Crippen molar-refractivity contribution in [1.29, 1.82) is 0 Å². The molecule has 0 saturated carbocycles. The Hall–Kier alpha value is -1.16. The van der Waals surface area contributed by atoms with Gasteiger partial charge < -0.3 is 10.8 Å². The summed E-state index contributed by atoms with van der Waals surface area (Å²) in [6, 6.07) is 5.38. The fraction of sp³-hybridized carbons (Fsp3) is 0.417. The predicted octanol–water partition coefficient (Wildman–Crippen LogP) is 2.37. The molecule has 4 heteroatoms. The lowest BCUT2D eigenvalue weighted by Crippen LogP contribution is -2.16. The molecule has 0 spiro atoms. The van der Waals surface area contributed by atoms with E-state index in [1.807, 2.05) is 12.3 Å². The Morgan fingerprint density at radius 3 is 2.88 bits per heavy atom. The normalized spacial score (nSPS) is 11.8. The summed E-state index contributed by atoms with van der Waals surface area (Å²) >= 11 is 1.65. The standard InChI is InChI=1S/C12H18N2OS/c1-3-7-14-12(13)9-5-4-6-11(15)10(9)8-16-2/h4-6,15H,3,7-8H2,1-2H3,(H2,13,14). The van der Waals surface area contributed by atoms with Gasteiger partial charge in [-0.15, -0.1) is 0 Å². The molecule has 0 heterocycles. The summed E-state index contributed by atoms with van der Waals surface area (Å²) in [4.78, 5) is 4.27. The van der Waals surface area contributed by atoms with E-state index in [0.717, 1.165) is 29.8 Å². The third-order valence-corrected chi connectivity index (χ3v) is 2.80. The molecule has 1 rings (SSSR count). The van der Waals surface area contributed by atoms with Crippen molar-refractivity contribution in [3.05, 3.63) is 29.3 Å². The second-order valence-corrected chi connectivity index (χ2v) is 4.37. The maximum atomic E-state index is 9.77. The first-order valence-electron chi connectivity index (χ1n) is 5.30. The van der Waals surface area contributed by atoms with Crippen LogP contribution in [-0.4, -0.2) is 23.7 Å². The number of rotatable bonds is 5. The van der Waals surface area contributed by atoms with Gasteiger partial charge in [-0.3, -0.25) is 4.99 Å². The third-order valence-electron chi connectivity index (χ3n) is 2.22. The lowest BCUT2D eigenvalue weighted by atomic mass is 10.1. The Morgan fingerprint density at radius 2 is 2.25 bits per heavy atom. The summed E-state index contributed by atoms with van der Waals surface area (Å²) in [6.45, 7) is 2.78. The molecule has 0 atom stereocenters. The van der Waals surface area contributed by atoms with E-state index in [9.17, 15) is 5.11 Å². The van der Waals surface area contributed by atoms with Gasteiger partial charge in [-0.25, -0.2) is 0 Å². The van der Waals surface area contributed by atoms with Crippen molar-refractivity contribution >= 4 is 17.6 Å². The smallest absolute Gasteiger partial charge is 0.126 e. The Balaban J connectivity index is 3.06. The van der Waals surface area contributed by atoms with Crippen molar-refractivity contribution in [1.82, 2.24) is 0 Å². The summed E-state index contributed by atoms with van der Waals surface area (Å²) in [5, 5.41) is 9.77. The van der Waals surface area contributed by atoms with Crippen LogP contribution in [0.2, 0.25) is 0 Å². The van der Waals surface area contributed by atoms with E-state index in [-0.39, 0.29) is 0 Å². The van der Waals surface area contributed by atoms with Gasteiger partial charge in [-0.05, 0) is 18.7 Å². The number of hydrogen-bond donors (Lipinski definition) is 2. The number of benzene rings is 1. The molecule has 0 bridgehead atoms. The average molecular weight is 238 g/mol. The molecule has 0 unspecified atom stereocenters. The number of nitrogens with two attached hydrogens (primary N) is 1. The van der Waals surface area contributed by atoms with Crippen LogP contribution in [0, 0.1) is 0 Å². The van der Waals surface area contributed by atoms with Crippen LogP contribution >= 0.6 is 11.8 Å². The Labute approximate surface area is 101 Å². The minimum Gasteiger partial charge on any atom is -0.508 e. The van der Waals surface area contributed by atoms with Crippen molar-refractivity contribution in [2.75, 3.05) is 12.8 Å². The minimum absolute atomic E-state index is 0.293. The van der Waals surface area contributed by atoms with Gasteiger partial charge in [0.15, 0.2) is 0 Å². The second kappa shape index (κ2) is 6.43. The molecule has 0 fully saturated rings. The lowest BCUT2D eigenvalue weighted by molar-refractivity contribution is 0.470. The van der Waals surface area contributed by atoms with Crippen LogP contribution in [0.3, 0.4) is 0 Å². The highest BCUT2D eigenvalue weighted by atomic mass is 32.2. The van der Waals surface area contributed by atoms with Gasteiger partial charge >= 0.3 is 0 Å². The van der Waals surface area contributed by atoms with Crippen LogP contribution in [0.5, 0.6) is 5.75 Å². The first kappa shape index (κ1) is 12.9. The first-order valence-corrected chi connectivity index (χ1v) is 6.70. The highest BCUT2D eigenvalue weighted by Gasteiger charge is 2.09. The zero-order valence-electron chi connectivity index (χ0n) is 9.73. The largest absolute Gasteiger partial charge is 0.508 e. The van der Waals surface area contributed by atoms with Gasteiger partial charge in [-0.1, -0.05) is 19.1 Å². The molecule has 0 aliphatic heterocycles. The highest BCUT2D eigenvalue weighted by Crippen LogP contribution is 2.24. The first-order chi connectivity index (χ1) is 7.70. The fourth-order valence-corrected chi connectivity index (χ4v) is 2.02. The number of aromatic hydroxyl groups is 1. The van der Waals surface area contributed by atoms with E-state index in [4.69, 9.17) is 5.73 Å². The average Bonchev–Trinajstić information content (AvgIpc) is 2.29. The van der Waals surface area contributed by atoms with Crippen molar-refractivity contribution in [2.45, 2.75) is 19.1 Å².